The van der Waals surface area contributed by atoms with E-state index in [4.69, 9.17) is 0 Å². The summed E-state index contributed by atoms with van der Waals surface area (Å²) in [4.78, 5) is 29.2. The number of amides is 2. The standard InChI is InChI=1S/C22H24N2O4S/c25-21-15-20(17-9-3-1-4-10-17)29(27,28)19-12-6-5-11-18(19)24(21)16-22(26)23-13-7-2-8-14-23/h1,3-6,9-12,20H,2,7-8,13-16H2. The number of nitrogens with zero attached hydrogens (tertiary/aromatic N) is 2. The van der Waals surface area contributed by atoms with Crippen molar-refractivity contribution in [2.75, 3.05) is 24.5 Å². The molecular weight excluding hydrogens is 388 g/mol. The van der Waals surface area contributed by atoms with Gasteiger partial charge in [-0.15, -0.1) is 0 Å². The maximum atomic E-state index is 13.4. The fraction of sp³-hybridized carbons (Fsp3) is 0.364. The zero-order valence-corrected chi connectivity index (χ0v) is 17.0. The third kappa shape index (κ3) is 3.79. The minimum Gasteiger partial charge on any atom is -0.341 e. The van der Waals surface area contributed by atoms with Gasteiger partial charge in [0.2, 0.25) is 11.8 Å². The van der Waals surface area contributed by atoms with Crippen LogP contribution in [-0.4, -0.2) is 44.8 Å². The molecule has 0 aromatic heterocycles. The van der Waals surface area contributed by atoms with Crippen LogP contribution in [0.2, 0.25) is 0 Å². The van der Waals surface area contributed by atoms with Crippen LogP contribution >= 0.6 is 0 Å². The van der Waals surface area contributed by atoms with Gasteiger partial charge in [-0.3, -0.25) is 9.59 Å². The summed E-state index contributed by atoms with van der Waals surface area (Å²) in [6, 6.07) is 15.3. The predicted octanol–water partition coefficient (Wildman–Crippen LogP) is 2.95. The molecule has 2 heterocycles. The van der Waals surface area contributed by atoms with Gasteiger partial charge < -0.3 is 9.80 Å². The zero-order chi connectivity index (χ0) is 20.4. The number of carbonyl (C=O) groups excluding carboxylic acids is 2. The van der Waals surface area contributed by atoms with Crippen molar-refractivity contribution in [2.45, 2.75) is 35.8 Å². The minimum atomic E-state index is -3.79. The molecule has 6 nitrogen and oxygen atoms in total. The molecule has 4 rings (SSSR count). The van der Waals surface area contributed by atoms with Crippen LogP contribution in [0.25, 0.3) is 0 Å². The van der Waals surface area contributed by atoms with Gasteiger partial charge in [0, 0.05) is 19.5 Å². The SMILES string of the molecule is O=C(CN1C(=O)CC(c2ccccc2)S(=O)(=O)c2ccccc21)N1CCCCC1. The molecule has 1 saturated heterocycles. The van der Waals surface area contributed by atoms with Crippen LogP contribution in [0, 0.1) is 0 Å². The summed E-state index contributed by atoms with van der Waals surface area (Å²) in [5.41, 5.74) is 0.876. The molecule has 29 heavy (non-hydrogen) atoms. The summed E-state index contributed by atoms with van der Waals surface area (Å²) in [5.74, 6) is -0.485. The van der Waals surface area contributed by atoms with Gasteiger partial charge in [-0.05, 0) is 37.0 Å². The van der Waals surface area contributed by atoms with Gasteiger partial charge in [-0.25, -0.2) is 8.42 Å². The van der Waals surface area contributed by atoms with Gasteiger partial charge in [-0.2, -0.15) is 0 Å². The summed E-state index contributed by atoms with van der Waals surface area (Å²) in [5, 5.41) is -0.965. The largest absolute Gasteiger partial charge is 0.341 e. The lowest BCUT2D eigenvalue weighted by molar-refractivity contribution is -0.132. The molecule has 2 aromatic carbocycles. The van der Waals surface area contributed by atoms with E-state index in [2.05, 4.69) is 0 Å². The molecule has 2 aliphatic rings. The molecule has 1 atom stereocenters. The summed E-state index contributed by atoms with van der Waals surface area (Å²) in [7, 11) is -3.79. The summed E-state index contributed by atoms with van der Waals surface area (Å²) < 4.78 is 26.9. The predicted molar refractivity (Wildman–Crippen MR) is 110 cm³/mol. The van der Waals surface area contributed by atoms with Crippen molar-refractivity contribution in [1.82, 2.24) is 4.90 Å². The van der Waals surface area contributed by atoms with Crippen LogP contribution in [-0.2, 0) is 19.4 Å². The first-order chi connectivity index (χ1) is 14.0. The van der Waals surface area contributed by atoms with Gasteiger partial charge >= 0.3 is 0 Å². The lowest BCUT2D eigenvalue weighted by Crippen LogP contribution is -2.44. The summed E-state index contributed by atoms with van der Waals surface area (Å²) >= 11 is 0. The number of anilines is 1. The third-order valence-corrected chi connectivity index (χ3v) is 7.82. The highest BCUT2D eigenvalue weighted by atomic mass is 32.2. The van der Waals surface area contributed by atoms with Crippen LogP contribution in [0.3, 0.4) is 0 Å². The van der Waals surface area contributed by atoms with E-state index in [-0.39, 0.29) is 29.7 Å². The number of para-hydroxylation sites is 1. The Morgan fingerprint density at radius 3 is 2.31 bits per heavy atom. The number of piperidine rings is 1. The minimum absolute atomic E-state index is 0.103. The first kappa shape index (κ1) is 19.6. The first-order valence-corrected chi connectivity index (χ1v) is 11.5. The van der Waals surface area contributed by atoms with E-state index < -0.39 is 15.1 Å². The van der Waals surface area contributed by atoms with E-state index in [1.54, 1.807) is 47.4 Å². The number of fused-ring (bicyclic) bond motifs is 1. The fourth-order valence-electron chi connectivity index (χ4n) is 4.10. The molecule has 2 aromatic rings. The molecule has 0 bridgehead atoms. The van der Waals surface area contributed by atoms with Gasteiger partial charge in [0.1, 0.15) is 6.54 Å². The Labute approximate surface area is 171 Å². The van der Waals surface area contributed by atoms with Crippen molar-refractivity contribution < 1.29 is 18.0 Å². The fourth-order valence-corrected chi connectivity index (χ4v) is 6.03. The Kier molecular flexibility index (Phi) is 5.41. The van der Waals surface area contributed by atoms with Gasteiger partial charge in [0.15, 0.2) is 9.84 Å². The summed E-state index contributed by atoms with van der Waals surface area (Å²) in [6.07, 6.45) is 2.84. The first-order valence-electron chi connectivity index (χ1n) is 9.94. The van der Waals surface area contributed by atoms with Crippen LogP contribution in [0.4, 0.5) is 5.69 Å². The second kappa shape index (κ2) is 7.99. The molecule has 152 valence electrons. The Morgan fingerprint density at radius 1 is 0.931 bits per heavy atom. The number of hydrogen-bond acceptors (Lipinski definition) is 4. The van der Waals surface area contributed by atoms with Crippen molar-refractivity contribution in [3.63, 3.8) is 0 Å². The van der Waals surface area contributed by atoms with Crippen LogP contribution in [0.1, 0.15) is 36.5 Å². The molecule has 0 aliphatic carbocycles. The monoisotopic (exact) mass is 412 g/mol. The Bertz CT molecular complexity index is 1010. The van der Waals surface area contributed by atoms with E-state index in [9.17, 15) is 18.0 Å². The van der Waals surface area contributed by atoms with Crippen LogP contribution in [0.5, 0.6) is 0 Å². The van der Waals surface area contributed by atoms with Gasteiger partial charge in [0.05, 0.1) is 15.8 Å². The van der Waals surface area contributed by atoms with E-state index in [1.807, 2.05) is 6.07 Å². The zero-order valence-electron chi connectivity index (χ0n) is 16.2. The lowest BCUT2D eigenvalue weighted by Gasteiger charge is -2.30. The number of likely N-dealkylation sites (tertiary alicyclic amines) is 1. The molecule has 1 fully saturated rings. The topological polar surface area (TPSA) is 74.8 Å². The quantitative estimate of drug-likeness (QED) is 0.777. The molecule has 0 saturated carbocycles. The van der Waals surface area contributed by atoms with E-state index >= 15 is 0 Å². The number of carbonyl (C=O) groups is 2. The summed E-state index contributed by atoms with van der Waals surface area (Å²) in [6.45, 7) is 1.24. The number of hydrogen-bond donors (Lipinski definition) is 0. The highest BCUT2D eigenvalue weighted by molar-refractivity contribution is 7.92. The van der Waals surface area contributed by atoms with Crippen LogP contribution in [0.15, 0.2) is 59.5 Å². The molecule has 1 unspecified atom stereocenters. The number of rotatable bonds is 3. The molecule has 7 heteroatoms. The molecule has 2 amide bonds. The Morgan fingerprint density at radius 2 is 1.59 bits per heavy atom. The smallest absolute Gasteiger partial charge is 0.242 e. The normalized spacial score (nSPS) is 21.4. The maximum Gasteiger partial charge on any atom is 0.242 e. The van der Waals surface area contributed by atoms with E-state index in [0.29, 0.717) is 24.3 Å². The maximum absolute atomic E-state index is 13.4. The van der Waals surface area contributed by atoms with Crippen molar-refractivity contribution >= 4 is 27.3 Å². The lowest BCUT2D eigenvalue weighted by atomic mass is 10.1. The van der Waals surface area contributed by atoms with Gasteiger partial charge in [0.25, 0.3) is 0 Å². The van der Waals surface area contributed by atoms with Crippen molar-refractivity contribution in [3.8, 4) is 0 Å². The Hall–Kier alpha value is -2.67. The molecular formula is C22H24N2O4S. The van der Waals surface area contributed by atoms with Crippen molar-refractivity contribution in [1.29, 1.82) is 0 Å². The number of sulfone groups is 1. The molecule has 0 radical (unpaired) electrons. The Balaban J connectivity index is 1.73. The molecule has 2 aliphatic heterocycles. The second-order valence-electron chi connectivity index (χ2n) is 7.54. The number of benzene rings is 2. The van der Waals surface area contributed by atoms with Crippen molar-refractivity contribution in [2.24, 2.45) is 0 Å². The molecule has 0 spiro atoms. The van der Waals surface area contributed by atoms with E-state index in [0.717, 1.165) is 19.3 Å². The van der Waals surface area contributed by atoms with Crippen molar-refractivity contribution in [3.05, 3.63) is 60.2 Å². The van der Waals surface area contributed by atoms with E-state index in [1.165, 1.54) is 11.0 Å². The highest BCUT2D eigenvalue weighted by Crippen LogP contribution is 2.40. The highest BCUT2D eigenvalue weighted by Gasteiger charge is 2.40. The third-order valence-electron chi connectivity index (χ3n) is 5.67. The average Bonchev–Trinajstić information content (AvgIpc) is 2.83. The average molecular weight is 413 g/mol. The second-order valence-corrected chi connectivity index (χ2v) is 9.64. The van der Waals surface area contributed by atoms with Gasteiger partial charge in [-0.1, -0.05) is 42.5 Å². The molecule has 0 N–H and O–H groups in total. The van der Waals surface area contributed by atoms with Crippen LogP contribution < -0.4 is 4.90 Å².